The molecule has 128 valence electrons. The van der Waals surface area contributed by atoms with E-state index in [0.29, 0.717) is 12.0 Å². The van der Waals surface area contributed by atoms with Gasteiger partial charge in [0.15, 0.2) is 0 Å². The van der Waals surface area contributed by atoms with Crippen molar-refractivity contribution < 1.29 is 9.59 Å². The third-order valence-electron chi connectivity index (χ3n) is 4.55. The van der Waals surface area contributed by atoms with Crippen LogP contribution in [0, 0.1) is 11.3 Å². The van der Waals surface area contributed by atoms with Crippen molar-refractivity contribution in [1.82, 2.24) is 10.2 Å². The summed E-state index contributed by atoms with van der Waals surface area (Å²) in [7, 11) is 0. The van der Waals surface area contributed by atoms with Gasteiger partial charge in [-0.25, -0.2) is 4.79 Å². The van der Waals surface area contributed by atoms with E-state index in [-0.39, 0.29) is 18.5 Å². The van der Waals surface area contributed by atoms with Gasteiger partial charge in [0.25, 0.3) is 5.91 Å². The second kappa shape index (κ2) is 7.96. The minimum absolute atomic E-state index is 0.160. The number of amides is 3. The van der Waals surface area contributed by atoms with Gasteiger partial charge in [0.2, 0.25) is 0 Å². The smallest absolute Gasteiger partial charge is 0.323 e. The summed E-state index contributed by atoms with van der Waals surface area (Å²) < 4.78 is 0. The maximum absolute atomic E-state index is 12.7. The largest absolute Gasteiger partial charge is 0.325 e. The van der Waals surface area contributed by atoms with Crippen LogP contribution in [0.4, 0.5) is 4.79 Å². The maximum atomic E-state index is 12.7. The molecule has 3 amide bonds. The molecule has 0 aliphatic carbocycles. The standard InChI is InChI=1S/C19H25N3O2/c1-3-4-5-6-7-12-19(2)17(23)22(18(24)21-19)14-16-10-8-15(13-20)9-11-16/h8-11H,3-7,12,14H2,1-2H3,(H,21,24)/t19-/m0/s1. The number of imide groups is 1. The molecule has 1 fully saturated rings. The fourth-order valence-electron chi connectivity index (χ4n) is 3.01. The molecule has 1 saturated heterocycles. The van der Waals surface area contributed by atoms with Gasteiger partial charge in [-0.1, -0.05) is 51.2 Å². The number of carbonyl (C=O) groups excluding carboxylic acids is 2. The fourth-order valence-corrected chi connectivity index (χ4v) is 3.01. The molecular formula is C19H25N3O2. The Hall–Kier alpha value is -2.35. The number of unbranched alkanes of at least 4 members (excludes halogenated alkanes) is 4. The molecule has 0 aromatic heterocycles. The van der Waals surface area contributed by atoms with Gasteiger partial charge in [-0.05, 0) is 31.0 Å². The maximum Gasteiger partial charge on any atom is 0.325 e. The SMILES string of the molecule is CCCCCCC[C@]1(C)NC(=O)N(Cc2ccc(C#N)cc2)C1=O. The molecule has 2 rings (SSSR count). The van der Waals surface area contributed by atoms with Gasteiger partial charge in [-0.2, -0.15) is 5.26 Å². The van der Waals surface area contributed by atoms with E-state index in [1.165, 1.54) is 24.2 Å². The van der Waals surface area contributed by atoms with Crippen LogP contribution in [-0.4, -0.2) is 22.4 Å². The van der Waals surface area contributed by atoms with Crippen LogP contribution in [0.15, 0.2) is 24.3 Å². The first-order chi connectivity index (χ1) is 11.5. The van der Waals surface area contributed by atoms with Gasteiger partial charge in [0.1, 0.15) is 5.54 Å². The van der Waals surface area contributed by atoms with Gasteiger partial charge in [-0.15, -0.1) is 0 Å². The van der Waals surface area contributed by atoms with Gasteiger partial charge in [-0.3, -0.25) is 9.69 Å². The molecule has 1 N–H and O–H groups in total. The number of nitriles is 1. The zero-order chi connectivity index (χ0) is 17.6. The van der Waals surface area contributed by atoms with Crippen molar-refractivity contribution in [1.29, 1.82) is 5.26 Å². The Bertz CT molecular complexity index is 633. The summed E-state index contributed by atoms with van der Waals surface area (Å²) in [5.41, 5.74) is 0.605. The third kappa shape index (κ3) is 4.14. The lowest BCUT2D eigenvalue weighted by Crippen LogP contribution is -2.43. The molecule has 5 nitrogen and oxygen atoms in total. The Morgan fingerprint density at radius 1 is 1.12 bits per heavy atom. The van der Waals surface area contributed by atoms with E-state index in [9.17, 15) is 9.59 Å². The van der Waals surface area contributed by atoms with Crippen LogP contribution in [0.5, 0.6) is 0 Å². The Kier molecular flexibility index (Phi) is 5.97. The lowest BCUT2D eigenvalue weighted by atomic mass is 9.94. The highest BCUT2D eigenvalue weighted by atomic mass is 16.2. The zero-order valence-electron chi connectivity index (χ0n) is 14.5. The molecule has 24 heavy (non-hydrogen) atoms. The summed E-state index contributed by atoms with van der Waals surface area (Å²) in [6.45, 7) is 4.22. The second-order valence-corrected chi connectivity index (χ2v) is 6.63. The zero-order valence-corrected chi connectivity index (χ0v) is 14.5. The molecule has 1 aromatic carbocycles. The minimum Gasteiger partial charge on any atom is -0.323 e. The molecule has 1 aliphatic rings. The number of hydrogen-bond donors (Lipinski definition) is 1. The van der Waals surface area contributed by atoms with Crippen molar-refractivity contribution in [3.05, 3.63) is 35.4 Å². The van der Waals surface area contributed by atoms with Gasteiger partial charge >= 0.3 is 6.03 Å². The van der Waals surface area contributed by atoms with E-state index in [2.05, 4.69) is 18.3 Å². The first kappa shape index (κ1) is 18.0. The van der Waals surface area contributed by atoms with Crippen molar-refractivity contribution in [2.24, 2.45) is 0 Å². The monoisotopic (exact) mass is 327 g/mol. The van der Waals surface area contributed by atoms with Crippen LogP contribution < -0.4 is 5.32 Å². The summed E-state index contributed by atoms with van der Waals surface area (Å²) in [6, 6.07) is 8.67. The summed E-state index contributed by atoms with van der Waals surface area (Å²) in [4.78, 5) is 26.2. The number of urea groups is 1. The van der Waals surface area contributed by atoms with Crippen LogP contribution >= 0.6 is 0 Å². The van der Waals surface area contributed by atoms with Crippen molar-refractivity contribution in [3.63, 3.8) is 0 Å². The van der Waals surface area contributed by atoms with E-state index >= 15 is 0 Å². The van der Waals surface area contributed by atoms with Crippen LogP contribution in [-0.2, 0) is 11.3 Å². The summed E-state index contributed by atoms with van der Waals surface area (Å²) in [6.07, 6.45) is 6.26. The quantitative estimate of drug-likeness (QED) is 0.584. The number of benzene rings is 1. The predicted octanol–water partition coefficient (Wildman–Crippen LogP) is 3.73. The molecule has 5 heteroatoms. The molecule has 1 heterocycles. The number of nitrogens with one attached hydrogen (secondary N) is 1. The van der Waals surface area contributed by atoms with E-state index in [1.807, 2.05) is 6.92 Å². The van der Waals surface area contributed by atoms with Gasteiger partial charge in [0.05, 0.1) is 18.2 Å². The highest BCUT2D eigenvalue weighted by molar-refractivity contribution is 6.06. The Labute approximate surface area is 143 Å². The molecule has 0 spiro atoms. The lowest BCUT2D eigenvalue weighted by molar-refractivity contribution is -0.131. The average molecular weight is 327 g/mol. The van der Waals surface area contributed by atoms with Crippen molar-refractivity contribution in [2.45, 2.75) is 64.5 Å². The first-order valence-corrected chi connectivity index (χ1v) is 8.63. The van der Waals surface area contributed by atoms with Crippen molar-refractivity contribution >= 4 is 11.9 Å². The summed E-state index contributed by atoms with van der Waals surface area (Å²) in [5.74, 6) is -0.160. The molecule has 1 aliphatic heterocycles. The molecule has 0 radical (unpaired) electrons. The van der Waals surface area contributed by atoms with Crippen molar-refractivity contribution in [2.75, 3.05) is 0 Å². The average Bonchev–Trinajstić information content (AvgIpc) is 2.79. The molecule has 0 unspecified atom stereocenters. The number of hydrogen-bond acceptors (Lipinski definition) is 3. The van der Waals surface area contributed by atoms with E-state index in [0.717, 1.165) is 18.4 Å². The Morgan fingerprint density at radius 2 is 1.79 bits per heavy atom. The summed E-state index contributed by atoms with van der Waals surface area (Å²) in [5, 5.41) is 11.7. The highest BCUT2D eigenvalue weighted by Gasteiger charge is 2.46. The van der Waals surface area contributed by atoms with Crippen LogP contribution in [0.3, 0.4) is 0 Å². The summed E-state index contributed by atoms with van der Waals surface area (Å²) >= 11 is 0. The predicted molar refractivity (Wildman–Crippen MR) is 92.0 cm³/mol. The van der Waals surface area contributed by atoms with Crippen molar-refractivity contribution in [3.8, 4) is 6.07 Å². The topological polar surface area (TPSA) is 73.2 Å². The lowest BCUT2D eigenvalue weighted by Gasteiger charge is -2.21. The number of rotatable bonds is 8. The first-order valence-electron chi connectivity index (χ1n) is 8.63. The molecule has 0 bridgehead atoms. The third-order valence-corrected chi connectivity index (χ3v) is 4.55. The van der Waals surface area contributed by atoms with E-state index in [4.69, 9.17) is 5.26 Å². The molecule has 0 saturated carbocycles. The number of nitrogens with zero attached hydrogens (tertiary/aromatic N) is 2. The van der Waals surface area contributed by atoms with Crippen LogP contribution in [0.2, 0.25) is 0 Å². The highest BCUT2D eigenvalue weighted by Crippen LogP contribution is 2.25. The van der Waals surface area contributed by atoms with Gasteiger partial charge < -0.3 is 5.32 Å². The molecule has 1 aromatic rings. The van der Waals surface area contributed by atoms with E-state index < -0.39 is 5.54 Å². The van der Waals surface area contributed by atoms with Crippen LogP contribution in [0.1, 0.15) is 63.5 Å². The minimum atomic E-state index is -0.796. The second-order valence-electron chi connectivity index (χ2n) is 6.63. The van der Waals surface area contributed by atoms with Crippen LogP contribution in [0.25, 0.3) is 0 Å². The number of carbonyl (C=O) groups is 2. The Balaban J connectivity index is 1.95. The Morgan fingerprint density at radius 3 is 2.42 bits per heavy atom. The molecular weight excluding hydrogens is 302 g/mol. The fraction of sp³-hybridized carbons (Fsp3) is 0.526. The van der Waals surface area contributed by atoms with Gasteiger partial charge in [0, 0.05) is 0 Å². The molecule has 1 atom stereocenters. The normalized spacial score (nSPS) is 20.1. The van der Waals surface area contributed by atoms with E-state index in [1.54, 1.807) is 24.3 Å².